The summed E-state index contributed by atoms with van der Waals surface area (Å²) < 4.78 is 49.5. The van der Waals surface area contributed by atoms with Crippen molar-refractivity contribution in [2.24, 2.45) is 0 Å². The summed E-state index contributed by atoms with van der Waals surface area (Å²) in [5, 5.41) is 52.1. The van der Waals surface area contributed by atoms with Crippen molar-refractivity contribution >= 4 is 58.3 Å². The van der Waals surface area contributed by atoms with Crippen LogP contribution in [0.15, 0.2) is 97.1 Å². The molecule has 0 spiro atoms. The number of nitrogens with one attached hydrogen (secondary N) is 5. The summed E-state index contributed by atoms with van der Waals surface area (Å²) in [5.74, 6) is -7.47. The van der Waals surface area contributed by atoms with Crippen LogP contribution in [0, 0.1) is 11.3 Å². The Morgan fingerprint density at radius 3 is 1.68 bits per heavy atom. The van der Waals surface area contributed by atoms with Crippen LogP contribution in [0.1, 0.15) is 63.8 Å². The third kappa shape index (κ3) is 10.3. The molecule has 8 N–H and O–H groups in total. The quantitative estimate of drug-likeness (QED) is 0.0617. The van der Waals surface area contributed by atoms with Crippen LogP contribution < -0.4 is 36.1 Å². The van der Waals surface area contributed by atoms with Gasteiger partial charge in [-0.05, 0) is 91.0 Å². The van der Waals surface area contributed by atoms with Crippen molar-refractivity contribution in [1.82, 2.24) is 5.32 Å². The first kappa shape index (κ1) is 44.5. The molecule has 0 aromatic heterocycles. The highest BCUT2D eigenvalue weighted by Gasteiger charge is 2.31. The fraction of sp³-hybridized carbons (Fsp3) is 0.119. The van der Waals surface area contributed by atoms with Gasteiger partial charge in [-0.3, -0.25) is 24.0 Å². The molecule has 0 saturated carbocycles. The van der Waals surface area contributed by atoms with Crippen LogP contribution in [0.4, 0.5) is 35.9 Å². The average molecular weight is 855 g/mol. The van der Waals surface area contributed by atoms with Gasteiger partial charge in [-0.1, -0.05) is 6.07 Å². The molecule has 20 heteroatoms. The Balaban J connectivity index is 1.19. The van der Waals surface area contributed by atoms with Gasteiger partial charge in [0.2, 0.25) is 5.91 Å². The molecule has 0 aliphatic heterocycles. The number of phenolic OH excluding ortho intramolecular Hbond substituents is 1. The van der Waals surface area contributed by atoms with Crippen LogP contribution in [0.5, 0.6) is 23.0 Å². The second-order valence-corrected chi connectivity index (χ2v) is 12.9. The first-order valence-corrected chi connectivity index (χ1v) is 17.8. The van der Waals surface area contributed by atoms with E-state index in [1.165, 1.54) is 79.9 Å². The normalized spacial score (nSPS) is 11.2. The molecule has 318 valence electrons. The van der Waals surface area contributed by atoms with E-state index < -0.39 is 76.8 Å². The summed E-state index contributed by atoms with van der Waals surface area (Å²) in [6.45, 7) is 0. The van der Waals surface area contributed by atoms with E-state index in [1.54, 1.807) is 0 Å². The topological polar surface area (TPSA) is 266 Å². The number of carboxylic acid groups (broad SMARTS) is 1. The summed E-state index contributed by atoms with van der Waals surface area (Å²) in [4.78, 5) is 76.2. The fourth-order valence-electron chi connectivity index (χ4n) is 5.71. The highest BCUT2D eigenvalue weighted by atomic mass is 19.4. The van der Waals surface area contributed by atoms with Crippen LogP contribution in [-0.2, 0) is 11.0 Å². The van der Waals surface area contributed by atoms with Gasteiger partial charge in [0.1, 0.15) is 11.6 Å². The molecule has 5 amide bonds. The third-order valence-electron chi connectivity index (χ3n) is 8.83. The predicted octanol–water partition coefficient (Wildman–Crippen LogP) is 6.24. The number of nitrogens with zero attached hydrogens (tertiary/aromatic N) is 1. The lowest BCUT2D eigenvalue weighted by atomic mass is 10.1. The maximum atomic E-state index is 13.2. The second-order valence-electron chi connectivity index (χ2n) is 12.9. The Labute approximate surface area is 348 Å². The number of amides is 5. The first-order chi connectivity index (χ1) is 29.4. The number of ether oxygens (including phenoxy) is 2. The number of benzene rings is 5. The zero-order chi connectivity index (χ0) is 45.3. The van der Waals surface area contributed by atoms with E-state index in [0.717, 1.165) is 25.3 Å². The summed E-state index contributed by atoms with van der Waals surface area (Å²) in [5.41, 5.74) is -1.76. The smallest absolute Gasteiger partial charge is 0.416 e. The van der Waals surface area contributed by atoms with E-state index in [0.29, 0.717) is 6.07 Å². The van der Waals surface area contributed by atoms with Crippen LogP contribution in [0.3, 0.4) is 0 Å². The maximum Gasteiger partial charge on any atom is 0.416 e. The van der Waals surface area contributed by atoms with Gasteiger partial charge < -0.3 is 51.4 Å². The van der Waals surface area contributed by atoms with Gasteiger partial charge in [0.15, 0.2) is 23.0 Å². The summed E-state index contributed by atoms with van der Waals surface area (Å²) >= 11 is 0. The number of hydrogen-bond donors (Lipinski definition) is 8. The van der Waals surface area contributed by atoms with Gasteiger partial charge in [-0.25, -0.2) is 4.79 Å². The highest BCUT2D eigenvalue weighted by molar-refractivity contribution is 6.10. The zero-order valence-electron chi connectivity index (χ0n) is 32.2. The highest BCUT2D eigenvalue weighted by Crippen LogP contribution is 2.40. The van der Waals surface area contributed by atoms with Crippen molar-refractivity contribution < 1.29 is 66.7 Å². The predicted molar refractivity (Wildman–Crippen MR) is 215 cm³/mol. The second kappa shape index (κ2) is 19.0. The number of methoxy groups -OCH3 is 2. The van der Waals surface area contributed by atoms with E-state index in [9.17, 15) is 62.5 Å². The number of alkyl halides is 3. The molecule has 1 atom stereocenters. The van der Waals surface area contributed by atoms with Crippen molar-refractivity contribution in [3.8, 4) is 29.1 Å². The molecule has 0 heterocycles. The lowest BCUT2D eigenvalue weighted by molar-refractivity contribution is -0.137. The zero-order valence-corrected chi connectivity index (χ0v) is 32.2. The van der Waals surface area contributed by atoms with Gasteiger partial charge in [0.05, 0.1) is 49.2 Å². The Kier molecular flexibility index (Phi) is 13.6. The van der Waals surface area contributed by atoms with E-state index in [1.807, 2.05) is 6.07 Å². The number of carboxylic acids is 1. The van der Waals surface area contributed by atoms with Crippen LogP contribution in [-0.4, -0.2) is 71.1 Å². The van der Waals surface area contributed by atoms with Gasteiger partial charge in [-0.15, -0.1) is 0 Å². The summed E-state index contributed by atoms with van der Waals surface area (Å²) in [6.07, 6.45) is -5.08. The molecule has 0 fully saturated rings. The molecule has 62 heavy (non-hydrogen) atoms. The van der Waals surface area contributed by atoms with Gasteiger partial charge in [0.25, 0.3) is 23.6 Å². The number of aromatic carboxylic acids is 1. The molecule has 0 aliphatic rings. The lowest BCUT2D eigenvalue weighted by Gasteiger charge is -2.17. The molecule has 5 aromatic carbocycles. The van der Waals surface area contributed by atoms with Crippen molar-refractivity contribution in [3.63, 3.8) is 0 Å². The molecule has 17 nitrogen and oxygen atoms in total. The summed E-state index contributed by atoms with van der Waals surface area (Å²) in [6, 6.07) is 19.6. The number of phenols is 2. The third-order valence-corrected chi connectivity index (χ3v) is 8.83. The fourth-order valence-corrected chi connectivity index (χ4v) is 5.71. The summed E-state index contributed by atoms with van der Waals surface area (Å²) in [7, 11) is 2.32. The van der Waals surface area contributed by atoms with Crippen molar-refractivity contribution in [2.75, 3.05) is 35.5 Å². The molecule has 1 unspecified atom stereocenters. The van der Waals surface area contributed by atoms with E-state index in [-0.39, 0.29) is 56.5 Å². The first-order valence-electron chi connectivity index (χ1n) is 17.8. The minimum absolute atomic E-state index is 0.0302. The van der Waals surface area contributed by atoms with E-state index in [2.05, 4.69) is 26.6 Å². The molecule has 0 bridgehead atoms. The Bertz CT molecular complexity index is 2610. The molecule has 0 aliphatic carbocycles. The minimum atomic E-state index is -4.64. The van der Waals surface area contributed by atoms with Crippen LogP contribution in [0.25, 0.3) is 0 Å². The SMILES string of the molecule is COc1c(NC(=O)c2ccc(NC(=O)c3ccc(NC(=O)C(CC#N)NC(=O)c4ccc(NC(=O)c5cccc(C(F)(F)F)c5)cc4)cc3)c(OC)c2O)ccc(C(=O)O)c1O. The van der Waals surface area contributed by atoms with Crippen molar-refractivity contribution in [2.45, 2.75) is 18.6 Å². The van der Waals surface area contributed by atoms with Gasteiger partial charge in [0, 0.05) is 28.1 Å². The van der Waals surface area contributed by atoms with Gasteiger partial charge in [-0.2, -0.15) is 18.4 Å². The van der Waals surface area contributed by atoms with Gasteiger partial charge >= 0.3 is 12.1 Å². The number of carbonyl (C=O) groups is 6. The van der Waals surface area contributed by atoms with Crippen LogP contribution in [0.2, 0.25) is 0 Å². The molecule has 5 aromatic rings. The van der Waals surface area contributed by atoms with E-state index >= 15 is 0 Å². The Morgan fingerprint density at radius 1 is 0.645 bits per heavy atom. The number of aromatic hydroxyl groups is 2. The molecule has 0 radical (unpaired) electrons. The number of nitriles is 1. The number of anilines is 4. The molecular weight excluding hydrogens is 821 g/mol. The Hall–Kier alpha value is -8.60. The number of hydrogen-bond acceptors (Lipinski definition) is 11. The van der Waals surface area contributed by atoms with Crippen LogP contribution >= 0.6 is 0 Å². The standard InChI is InChI=1S/C42H33F3N6O11/c1-61-34-29(16-14-27(32(34)52)39(57)50-30-17-15-28(41(59)60)33(53)35(30)62-2)49-36(54)21-8-12-26(13-9-21)48-40(58)31(18-19-46)51-37(55)22-6-10-25(11-7-22)47-38(56)23-4-3-5-24(20-23)42(43,44)45/h3-17,20,31,52-53H,18H2,1-2H3,(H,47,56)(H,48,58)(H,49,54)(H,50,57)(H,51,55)(H,59,60). The molecular formula is C42H33F3N6O11. The largest absolute Gasteiger partial charge is 0.504 e. The number of rotatable bonds is 14. The maximum absolute atomic E-state index is 13.2. The minimum Gasteiger partial charge on any atom is -0.504 e. The monoisotopic (exact) mass is 854 g/mol. The number of halogens is 3. The molecule has 0 saturated heterocycles. The average Bonchev–Trinajstić information content (AvgIpc) is 3.23. The van der Waals surface area contributed by atoms with E-state index in [4.69, 9.17) is 9.47 Å². The van der Waals surface area contributed by atoms with Crippen molar-refractivity contribution in [1.29, 1.82) is 5.26 Å². The Morgan fingerprint density at radius 2 is 1.15 bits per heavy atom. The lowest BCUT2D eigenvalue weighted by Crippen LogP contribution is -2.43. The molecule has 5 rings (SSSR count). The van der Waals surface area contributed by atoms with Crippen molar-refractivity contribution in [3.05, 3.63) is 130 Å². The number of carbonyl (C=O) groups excluding carboxylic acids is 5.